The number of ether oxygens (including phenoxy) is 3. The van der Waals surface area contributed by atoms with E-state index in [4.69, 9.17) is 19.2 Å². The molecule has 11 nitrogen and oxygen atoms in total. The fourth-order valence-electron chi connectivity index (χ4n) is 5.04. The van der Waals surface area contributed by atoms with Crippen LogP contribution >= 0.6 is 11.8 Å². The first-order valence-electron chi connectivity index (χ1n) is 12.1. The molecule has 1 aliphatic carbocycles. The Morgan fingerprint density at radius 1 is 1.05 bits per heavy atom. The Hall–Kier alpha value is -4.32. The van der Waals surface area contributed by atoms with Gasteiger partial charge in [0.15, 0.2) is 16.7 Å². The van der Waals surface area contributed by atoms with E-state index in [0.29, 0.717) is 63.6 Å². The van der Waals surface area contributed by atoms with E-state index in [1.54, 1.807) is 24.3 Å². The third-order valence-electron chi connectivity index (χ3n) is 6.85. The van der Waals surface area contributed by atoms with Crippen molar-refractivity contribution in [2.75, 3.05) is 26.6 Å². The Morgan fingerprint density at radius 2 is 1.74 bits per heavy atom. The highest BCUT2D eigenvalue weighted by atomic mass is 32.2. The van der Waals surface area contributed by atoms with E-state index >= 15 is 0 Å². The number of nitro benzene ring substituents is 1. The summed E-state index contributed by atoms with van der Waals surface area (Å²) in [5.74, 6) is 0.880. The minimum Gasteiger partial charge on any atom is -0.493 e. The molecule has 0 saturated carbocycles. The molecule has 2 heterocycles. The second-order valence-electron chi connectivity index (χ2n) is 9.05. The van der Waals surface area contributed by atoms with Gasteiger partial charge in [-0.3, -0.25) is 19.7 Å². The number of nitro groups is 1. The Kier molecular flexibility index (Phi) is 7.29. The lowest BCUT2D eigenvalue weighted by molar-refractivity contribution is -0.384. The Balaban J connectivity index is 1.56. The second-order valence-corrected chi connectivity index (χ2v) is 10.0. The molecule has 1 aliphatic heterocycles. The minimum absolute atomic E-state index is 0.0101. The third kappa shape index (κ3) is 4.94. The molecule has 202 valence electrons. The van der Waals surface area contributed by atoms with Crippen LogP contribution in [-0.2, 0) is 10.5 Å². The van der Waals surface area contributed by atoms with Crippen LogP contribution in [-0.4, -0.2) is 42.0 Å². The Labute approximate surface area is 227 Å². The van der Waals surface area contributed by atoms with Crippen LogP contribution in [0.2, 0.25) is 0 Å². The van der Waals surface area contributed by atoms with E-state index in [1.165, 1.54) is 45.2 Å². The highest BCUT2D eigenvalue weighted by molar-refractivity contribution is 7.98. The van der Waals surface area contributed by atoms with Gasteiger partial charge in [-0.15, -0.1) is 0 Å². The number of anilines is 1. The largest absolute Gasteiger partial charge is 0.493 e. The number of thioether (sulfide) groups is 1. The van der Waals surface area contributed by atoms with Gasteiger partial charge in [0.2, 0.25) is 5.75 Å². The molecule has 3 aromatic rings. The van der Waals surface area contributed by atoms with Gasteiger partial charge < -0.3 is 24.5 Å². The number of nitrogens with one attached hydrogen (secondary N) is 2. The number of rotatable bonds is 8. The average molecular weight is 551 g/mol. The molecule has 1 aromatic heterocycles. The highest BCUT2D eigenvalue weighted by Gasteiger charge is 2.43. The number of hydrogen-bond acceptors (Lipinski definition) is 10. The molecular formula is C27H26N4O7S. The van der Waals surface area contributed by atoms with Gasteiger partial charge in [0.25, 0.3) is 11.2 Å². The number of carbonyl (C=O) groups is 1. The van der Waals surface area contributed by atoms with Crippen molar-refractivity contribution in [2.45, 2.75) is 29.7 Å². The first-order valence-corrected chi connectivity index (χ1v) is 13.1. The number of allylic oxidation sites excluding steroid dienone is 2. The molecule has 0 radical (unpaired) electrons. The summed E-state index contributed by atoms with van der Waals surface area (Å²) >= 11 is 1.30. The molecule has 0 spiro atoms. The molecule has 0 saturated heterocycles. The first kappa shape index (κ1) is 26.3. The highest BCUT2D eigenvalue weighted by Crippen LogP contribution is 2.48. The monoisotopic (exact) mass is 550 g/mol. The maximum Gasteiger partial charge on any atom is 0.269 e. The zero-order valence-electron chi connectivity index (χ0n) is 21.5. The van der Waals surface area contributed by atoms with E-state index in [1.807, 2.05) is 6.08 Å². The maximum absolute atomic E-state index is 13.6. The zero-order valence-corrected chi connectivity index (χ0v) is 22.3. The van der Waals surface area contributed by atoms with E-state index < -0.39 is 16.8 Å². The van der Waals surface area contributed by atoms with Gasteiger partial charge >= 0.3 is 0 Å². The molecule has 0 bridgehead atoms. The van der Waals surface area contributed by atoms with Crippen LogP contribution in [0.25, 0.3) is 0 Å². The van der Waals surface area contributed by atoms with Gasteiger partial charge in [-0.25, -0.2) is 4.98 Å². The third-order valence-corrected chi connectivity index (χ3v) is 7.79. The Bertz CT molecular complexity index is 1510. The van der Waals surface area contributed by atoms with Crippen LogP contribution in [0.4, 0.5) is 11.5 Å². The summed E-state index contributed by atoms with van der Waals surface area (Å²) in [4.78, 5) is 44.8. The van der Waals surface area contributed by atoms with Crippen molar-refractivity contribution in [3.63, 3.8) is 0 Å². The molecule has 2 atom stereocenters. The summed E-state index contributed by atoms with van der Waals surface area (Å²) < 4.78 is 16.5. The van der Waals surface area contributed by atoms with Crippen LogP contribution in [0, 0.1) is 16.0 Å². The average Bonchev–Trinajstić information content (AvgIpc) is 2.94. The number of aromatic amines is 1. The smallest absolute Gasteiger partial charge is 0.269 e. The number of benzene rings is 2. The summed E-state index contributed by atoms with van der Waals surface area (Å²) in [5.41, 5.74) is 2.21. The summed E-state index contributed by atoms with van der Waals surface area (Å²) in [6.07, 6.45) is 2.95. The number of H-pyrrole nitrogens is 1. The molecular weight excluding hydrogens is 524 g/mol. The van der Waals surface area contributed by atoms with Gasteiger partial charge in [0.05, 0.1) is 37.7 Å². The van der Waals surface area contributed by atoms with Crippen LogP contribution in [0.3, 0.4) is 0 Å². The second kappa shape index (κ2) is 10.8. The van der Waals surface area contributed by atoms with Crippen molar-refractivity contribution in [3.05, 3.63) is 85.3 Å². The summed E-state index contributed by atoms with van der Waals surface area (Å²) in [7, 11) is 4.53. The molecule has 12 heteroatoms. The number of ketones is 1. The lowest BCUT2D eigenvalue weighted by Crippen LogP contribution is -2.38. The number of nitrogens with zero attached hydrogens (tertiary/aromatic N) is 2. The lowest BCUT2D eigenvalue weighted by Gasteiger charge is -2.37. The van der Waals surface area contributed by atoms with Crippen LogP contribution in [0.15, 0.2) is 58.1 Å². The molecule has 0 fully saturated rings. The molecule has 5 rings (SSSR count). The fraction of sp³-hybridized carbons (Fsp3) is 0.296. The van der Waals surface area contributed by atoms with E-state index in [9.17, 15) is 19.7 Å². The predicted octanol–water partition coefficient (Wildman–Crippen LogP) is 4.42. The van der Waals surface area contributed by atoms with Crippen molar-refractivity contribution < 1.29 is 23.9 Å². The number of carbonyl (C=O) groups excluding carboxylic acids is 1. The number of fused-ring (bicyclic) bond motifs is 2. The molecule has 0 amide bonds. The molecule has 2 unspecified atom stereocenters. The number of non-ortho nitro benzene ring substituents is 1. The SMILES string of the molecule is COc1cc(C2c3c(nc(SCc4ccc([N+](=O)[O-])cc4)[nH]c3=O)NC3=CCCC(=O)C32)cc(OC)c1OC. The van der Waals surface area contributed by atoms with Crippen LogP contribution in [0.5, 0.6) is 17.2 Å². The number of methoxy groups -OCH3 is 3. The van der Waals surface area contributed by atoms with E-state index in [-0.39, 0.29) is 17.0 Å². The van der Waals surface area contributed by atoms with Crippen LogP contribution in [0.1, 0.15) is 35.4 Å². The van der Waals surface area contributed by atoms with Gasteiger partial charge in [-0.05, 0) is 29.7 Å². The predicted molar refractivity (Wildman–Crippen MR) is 145 cm³/mol. The molecule has 2 aromatic carbocycles. The van der Waals surface area contributed by atoms with Gasteiger partial charge in [0, 0.05) is 35.9 Å². The van der Waals surface area contributed by atoms with E-state index in [0.717, 1.165) is 5.56 Å². The molecule has 39 heavy (non-hydrogen) atoms. The van der Waals surface area contributed by atoms with Crippen molar-refractivity contribution in [1.82, 2.24) is 9.97 Å². The zero-order chi connectivity index (χ0) is 27.7. The lowest BCUT2D eigenvalue weighted by atomic mass is 9.72. The van der Waals surface area contributed by atoms with Crippen molar-refractivity contribution in [3.8, 4) is 17.2 Å². The summed E-state index contributed by atoms with van der Waals surface area (Å²) in [5, 5.41) is 14.5. The number of hydrogen-bond donors (Lipinski definition) is 2. The molecule has 2 aliphatic rings. The van der Waals surface area contributed by atoms with E-state index in [2.05, 4.69) is 10.3 Å². The van der Waals surface area contributed by atoms with Crippen molar-refractivity contribution in [1.29, 1.82) is 0 Å². The summed E-state index contributed by atoms with van der Waals surface area (Å²) in [6, 6.07) is 9.74. The number of aromatic nitrogens is 2. The van der Waals surface area contributed by atoms with Gasteiger partial charge in [0.1, 0.15) is 11.6 Å². The Morgan fingerprint density at radius 3 is 2.36 bits per heavy atom. The topological polar surface area (TPSA) is 146 Å². The summed E-state index contributed by atoms with van der Waals surface area (Å²) in [6.45, 7) is 0. The van der Waals surface area contributed by atoms with Crippen molar-refractivity contribution in [2.24, 2.45) is 5.92 Å². The van der Waals surface area contributed by atoms with Gasteiger partial charge in [-0.2, -0.15) is 0 Å². The quantitative estimate of drug-likeness (QED) is 0.179. The standard InChI is InChI=1S/C27H26N4O7S/c1-36-19-11-15(12-20(37-2)24(19)38-3)21-22-17(5-4-6-18(22)32)28-25-23(21)26(33)30-27(29-25)39-13-14-7-9-16(10-8-14)31(34)35/h5,7-12,21-22H,4,6,13H2,1-3H3,(H2,28,29,30,33). The normalized spacial score (nSPS) is 17.8. The maximum atomic E-state index is 13.6. The minimum atomic E-state index is -0.626. The van der Waals surface area contributed by atoms with Crippen molar-refractivity contribution >= 4 is 29.1 Å². The number of Topliss-reactive ketones (excluding diaryl/α,β-unsaturated/α-hetero) is 1. The fourth-order valence-corrected chi connectivity index (χ4v) is 5.86. The first-order chi connectivity index (χ1) is 18.8. The van der Waals surface area contributed by atoms with Gasteiger partial charge in [-0.1, -0.05) is 30.0 Å². The van der Waals surface area contributed by atoms with Crippen LogP contribution < -0.4 is 25.1 Å². The molecule has 2 N–H and O–H groups in total.